The number of thiazole rings is 1. The number of rotatable bonds is 5. The summed E-state index contributed by atoms with van der Waals surface area (Å²) in [6.45, 7) is 5.78. The van der Waals surface area contributed by atoms with Crippen LogP contribution in [0.2, 0.25) is 0 Å². The molecule has 2 nitrogen and oxygen atoms in total. The van der Waals surface area contributed by atoms with Crippen molar-refractivity contribution in [2.45, 2.75) is 52.0 Å². The molecule has 1 aromatic heterocycles. The van der Waals surface area contributed by atoms with E-state index in [1.807, 2.05) is 11.7 Å². The zero-order valence-corrected chi connectivity index (χ0v) is 11.8. The van der Waals surface area contributed by atoms with Crippen LogP contribution in [0.25, 0.3) is 0 Å². The third-order valence-corrected chi connectivity index (χ3v) is 4.88. The fourth-order valence-corrected chi connectivity index (χ4v) is 3.52. The highest BCUT2D eigenvalue weighted by molar-refractivity contribution is 7.09. The van der Waals surface area contributed by atoms with Crippen molar-refractivity contribution in [3.63, 3.8) is 0 Å². The monoisotopic (exact) mass is 252 g/mol. The smallest absolute Gasteiger partial charge is 0.0794 e. The molecule has 1 aliphatic rings. The molecule has 0 amide bonds. The van der Waals surface area contributed by atoms with E-state index in [9.17, 15) is 0 Å². The first kappa shape index (κ1) is 13.0. The predicted molar refractivity (Wildman–Crippen MR) is 74.3 cm³/mol. The number of nitrogens with zero attached hydrogens (tertiary/aromatic N) is 1. The van der Waals surface area contributed by atoms with E-state index in [2.05, 4.69) is 24.1 Å². The van der Waals surface area contributed by atoms with Gasteiger partial charge in [-0.25, -0.2) is 0 Å². The first-order valence-electron chi connectivity index (χ1n) is 6.87. The van der Waals surface area contributed by atoms with E-state index in [0.29, 0.717) is 6.04 Å². The molecule has 1 N–H and O–H groups in total. The molecule has 0 spiro atoms. The van der Waals surface area contributed by atoms with Crippen LogP contribution in [0.3, 0.4) is 0 Å². The van der Waals surface area contributed by atoms with Crippen LogP contribution in [0.5, 0.6) is 0 Å². The predicted octanol–water partition coefficient (Wildman–Crippen LogP) is 4.01. The first-order chi connectivity index (χ1) is 8.25. The fourth-order valence-electron chi connectivity index (χ4n) is 2.87. The summed E-state index contributed by atoms with van der Waals surface area (Å²) in [5.41, 5.74) is 1.91. The van der Waals surface area contributed by atoms with E-state index < -0.39 is 0 Å². The van der Waals surface area contributed by atoms with Gasteiger partial charge in [0.05, 0.1) is 5.51 Å². The molecule has 0 bridgehead atoms. The molecule has 3 heteroatoms. The van der Waals surface area contributed by atoms with Gasteiger partial charge in [-0.2, -0.15) is 0 Å². The highest BCUT2D eigenvalue weighted by atomic mass is 32.1. The summed E-state index contributed by atoms with van der Waals surface area (Å²) in [6, 6.07) is 0.462. The molecule has 1 aromatic rings. The Morgan fingerprint density at radius 2 is 2.41 bits per heavy atom. The Hall–Kier alpha value is -0.410. The molecule has 0 aliphatic heterocycles. The molecule has 1 fully saturated rings. The summed E-state index contributed by atoms with van der Waals surface area (Å²) < 4.78 is 0. The lowest BCUT2D eigenvalue weighted by Crippen LogP contribution is -2.23. The van der Waals surface area contributed by atoms with Gasteiger partial charge in [0.1, 0.15) is 0 Å². The molecule has 3 unspecified atom stereocenters. The third-order valence-electron chi connectivity index (χ3n) is 3.93. The molecule has 1 heterocycles. The second-order valence-corrected chi connectivity index (χ2v) is 6.42. The van der Waals surface area contributed by atoms with Crippen molar-refractivity contribution in [3.05, 3.63) is 16.6 Å². The Morgan fingerprint density at radius 1 is 1.53 bits per heavy atom. The van der Waals surface area contributed by atoms with Gasteiger partial charge in [0.25, 0.3) is 0 Å². The normalized spacial score (nSPS) is 26.9. The lowest BCUT2D eigenvalue weighted by atomic mass is 9.81. The summed E-state index contributed by atoms with van der Waals surface area (Å²) in [6.07, 6.45) is 9.09. The largest absolute Gasteiger partial charge is 0.309 e. The van der Waals surface area contributed by atoms with Gasteiger partial charge in [0.15, 0.2) is 0 Å². The van der Waals surface area contributed by atoms with Crippen molar-refractivity contribution in [2.75, 3.05) is 6.54 Å². The maximum absolute atomic E-state index is 4.13. The summed E-state index contributed by atoms with van der Waals surface area (Å²) >= 11 is 1.74. The van der Waals surface area contributed by atoms with Gasteiger partial charge >= 0.3 is 0 Å². The van der Waals surface area contributed by atoms with Crippen LogP contribution in [-0.2, 0) is 0 Å². The first-order valence-corrected chi connectivity index (χ1v) is 7.75. The summed E-state index contributed by atoms with van der Waals surface area (Å²) in [4.78, 5) is 5.48. The molecule has 3 atom stereocenters. The minimum Gasteiger partial charge on any atom is -0.309 e. The van der Waals surface area contributed by atoms with Gasteiger partial charge in [0.2, 0.25) is 0 Å². The van der Waals surface area contributed by atoms with Crippen LogP contribution >= 0.6 is 11.3 Å². The molecule has 0 saturated heterocycles. The summed E-state index contributed by atoms with van der Waals surface area (Å²) in [7, 11) is 0. The lowest BCUT2D eigenvalue weighted by molar-refractivity contribution is 0.265. The zero-order valence-electron chi connectivity index (χ0n) is 11.0. The minimum absolute atomic E-state index is 0.462. The van der Waals surface area contributed by atoms with E-state index in [1.165, 1.54) is 37.0 Å². The maximum Gasteiger partial charge on any atom is 0.0794 e. The molecule has 1 aliphatic carbocycles. The van der Waals surface area contributed by atoms with Crippen molar-refractivity contribution in [3.8, 4) is 0 Å². The molecule has 2 rings (SSSR count). The average molecular weight is 252 g/mol. The van der Waals surface area contributed by atoms with Crippen LogP contribution in [-0.4, -0.2) is 11.5 Å². The Morgan fingerprint density at radius 3 is 3.12 bits per heavy atom. The van der Waals surface area contributed by atoms with Gasteiger partial charge in [-0.1, -0.05) is 26.2 Å². The lowest BCUT2D eigenvalue weighted by Gasteiger charge is -2.27. The van der Waals surface area contributed by atoms with Gasteiger partial charge in [0, 0.05) is 17.1 Å². The standard InChI is InChI=1S/C14H24N2S/c1-11-4-3-5-13(8-11)6-7-16-12(2)14-9-15-10-17-14/h9-13,16H,3-8H2,1-2H3. The van der Waals surface area contributed by atoms with Gasteiger partial charge in [-0.05, 0) is 38.1 Å². The van der Waals surface area contributed by atoms with E-state index in [0.717, 1.165) is 18.4 Å². The van der Waals surface area contributed by atoms with Crippen molar-refractivity contribution in [2.24, 2.45) is 11.8 Å². The highest BCUT2D eigenvalue weighted by Crippen LogP contribution is 2.30. The Bertz CT molecular complexity index is 310. The van der Waals surface area contributed by atoms with Crippen LogP contribution in [0.15, 0.2) is 11.7 Å². The number of nitrogens with one attached hydrogen (secondary N) is 1. The van der Waals surface area contributed by atoms with Gasteiger partial charge in [-0.3, -0.25) is 4.98 Å². The Labute approximate surface area is 109 Å². The van der Waals surface area contributed by atoms with E-state index in [-0.39, 0.29) is 0 Å². The second kappa shape index (κ2) is 6.50. The molecule has 96 valence electrons. The Kier molecular flexibility index (Phi) is 4.99. The number of hydrogen-bond acceptors (Lipinski definition) is 3. The molecular formula is C14H24N2S. The number of hydrogen-bond donors (Lipinski definition) is 1. The van der Waals surface area contributed by atoms with Crippen LogP contribution in [0, 0.1) is 11.8 Å². The molecule has 0 aromatic carbocycles. The van der Waals surface area contributed by atoms with E-state index in [4.69, 9.17) is 0 Å². The Balaban J connectivity index is 1.65. The van der Waals surface area contributed by atoms with Crippen LogP contribution in [0.1, 0.15) is 56.9 Å². The quantitative estimate of drug-likeness (QED) is 0.856. The van der Waals surface area contributed by atoms with Crippen LogP contribution < -0.4 is 5.32 Å². The van der Waals surface area contributed by atoms with Crippen molar-refractivity contribution in [1.29, 1.82) is 0 Å². The minimum atomic E-state index is 0.462. The van der Waals surface area contributed by atoms with Crippen molar-refractivity contribution >= 4 is 11.3 Å². The SMILES string of the molecule is CC1CCCC(CCNC(C)c2cncs2)C1. The second-order valence-electron chi connectivity index (χ2n) is 5.51. The van der Waals surface area contributed by atoms with Crippen molar-refractivity contribution < 1.29 is 0 Å². The van der Waals surface area contributed by atoms with E-state index in [1.54, 1.807) is 11.3 Å². The summed E-state index contributed by atoms with van der Waals surface area (Å²) in [5, 5.41) is 3.62. The average Bonchev–Trinajstić information content (AvgIpc) is 2.82. The fraction of sp³-hybridized carbons (Fsp3) is 0.786. The zero-order chi connectivity index (χ0) is 12.1. The third kappa shape index (κ3) is 4.07. The van der Waals surface area contributed by atoms with Crippen molar-refractivity contribution in [1.82, 2.24) is 10.3 Å². The molecule has 1 saturated carbocycles. The maximum atomic E-state index is 4.13. The van der Waals surface area contributed by atoms with Crippen LogP contribution in [0.4, 0.5) is 0 Å². The molecular weight excluding hydrogens is 228 g/mol. The molecule has 17 heavy (non-hydrogen) atoms. The van der Waals surface area contributed by atoms with Gasteiger partial charge < -0.3 is 5.32 Å². The van der Waals surface area contributed by atoms with Gasteiger partial charge in [-0.15, -0.1) is 11.3 Å². The topological polar surface area (TPSA) is 24.9 Å². The number of aromatic nitrogens is 1. The molecule has 0 radical (unpaired) electrons. The van der Waals surface area contributed by atoms with E-state index >= 15 is 0 Å². The summed E-state index contributed by atoms with van der Waals surface area (Å²) in [5.74, 6) is 1.91. The highest BCUT2D eigenvalue weighted by Gasteiger charge is 2.18.